The molecule has 1 N–H and O–H groups in total. The van der Waals surface area contributed by atoms with Crippen LogP contribution in [0.1, 0.15) is 45.2 Å². The van der Waals surface area contributed by atoms with Gasteiger partial charge >= 0.3 is 0 Å². The molecule has 0 aromatic heterocycles. The molecule has 3 aromatic rings. The van der Waals surface area contributed by atoms with E-state index in [0.29, 0.717) is 22.9 Å². The molecule has 2 amide bonds. The van der Waals surface area contributed by atoms with Crippen molar-refractivity contribution in [2.45, 2.75) is 64.1 Å². The number of hydrogen-bond donors (Lipinski definition) is 1. The van der Waals surface area contributed by atoms with Gasteiger partial charge in [-0.3, -0.25) is 13.9 Å². The SMILES string of the molecule is CCC(C(=O)NC(C)(C)C)N(Cc1cccc(OC)c1)C(=O)CN(c1cccc(C)c1)S(=O)(=O)c1ccc(Cl)cc1. The normalized spacial score (nSPS) is 12.4. The Balaban J connectivity index is 2.08. The van der Waals surface area contributed by atoms with Crippen LogP contribution in [0.5, 0.6) is 5.75 Å². The van der Waals surface area contributed by atoms with Crippen LogP contribution in [-0.4, -0.2) is 50.4 Å². The molecule has 10 heteroatoms. The number of ether oxygens (including phenoxy) is 1. The molecule has 3 rings (SSSR count). The Morgan fingerprint density at radius 2 is 1.66 bits per heavy atom. The summed E-state index contributed by atoms with van der Waals surface area (Å²) in [4.78, 5) is 29.0. The highest BCUT2D eigenvalue weighted by Crippen LogP contribution is 2.27. The van der Waals surface area contributed by atoms with E-state index in [0.717, 1.165) is 15.4 Å². The first-order valence-corrected chi connectivity index (χ1v) is 15.2. The van der Waals surface area contributed by atoms with Crippen LogP contribution in [0.25, 0.3) is 0 Å². The van der Waals surface area contributed by atoms with Crippen molar-refractivity contribution in [3.63, 3.8) is 0 Å². The first-order valence-electron chi connectivity index (χ1n) is 13.3. The molecule has 1 unspecified atom stereocenters. The number of halogens is 1. The van der Waals surface area contributed by atoms with Crippen LogP contribution < -0.4 is 14.4 Å². The van der Waals surface area contributed by atoms with Crippen molar-refractivity contribution in [2.75, 3.05) is 18.0 Å². The first kappa shape index (κ1) is 32.0. The van der Waals surface area contributed by atoms with Gasteiger partial charge in [-0.05, 0) is 93.8 Å². The summed E-state index contributed by atoms with van der Waals surface area (Å²) >= 11 is 6.01. The van der Waals surface area contributed by atoms with Gasteiger partial charge in [-0.25, -0.2) is 8.42 Å². The molecule has 8 nitrogen and oxygen atoms in total. The average Bonchev–Trinajstić information content (AvgIpc) is 2.90. The van der Waals surface area contributed by atoms with Crippen molar-refractivity contribution in [1.82, 2.24) is 10.2 Å². The minimum atomic E-state index is -4.17. The lowest BCUT2D eigenvalue weighted by atomic mass is 10.1. The number of methoxy groups -OCH3 is 1. The molecule has 41 heavy (non-hydrogen) atoms. The molecule has 0 aliphatic heterocycles. The fourth-order valence-corrected chi connectivity index (χ4v) is 5.92. The van der Waals surface area contributed by atoms with Crippen LogP contribution in [0.3, 0.4) is 0 Å². The van der Waals surface area contributed by atoms with Gasteiger partial charge in [0.1, 0.15) is 18.3 Å². The third kappa shape index (κ3) is 8.47. The van der Waals surface area contributed by atoms with Crippen LogP contribution in [0, 0.1) is 6.92 Å². The monoisotopic (exact) mass is 599 g/mol. The van der Waals surface area contributed by atoms with Crippen molar-refractivity contribution < 1.29 is 22.7 Å². The smallest absolute Gasteiger partial charge is 0.264 e. The predicted octanol–water partition coefficient (Wildman–Crippen LogP) is 5.57. The zero-order chi connectivity index (χ0) is 30.4. The second-order valence-electron chi connectivity index (χ2n) is 10.8. The number of carbonyl (C=O) groups is 2. The van der Waals surface area contributed by atoms with E-state index in [1.807, 2.05) is 46.8 Å². The minimum Gasteiger partial charge on any atom is -0.497 e. The summed E-state index contributed by atoms with van der Waals surface area (Å²) in [5.74, 6) is -0.240. The summed E-state index contributed by atoms with van der Waals surface area (Å²) in [6, 6.07) is 19.1. The highest BCUT2D eigenvalue weighted by Gasteiger charge is 2.34. The molecule has 0 aliphatic carbocycles. The van der Waals surface area contributed by atoms with Gasteiger partial charge in [0, 0.05) is 17.1 Å². The van der Waals surface area contributed by atoms with Crippen LogP contribution in [0.15, 0.2) is 77.7 Å². The summed E-state index contributed by atoms with van der Waals surface area (Å²) in [6.45, 7) is 8.82. The Bertz CT molecular complexity index is 1470. The number of sulfonamides is 1. The fourth-order valence-electron chi connectivity index (χ4n) is 4.39. The summed E-state index contributed by atoms with van der Waals surface area (Å²) in [5.41, 5.74) is 1.38. The Morgan fingerprint density at radius 1 is 1.00 bits per heavy atom. The van der Waals surface area contributed by atoms with E-state index in [2.05, 4.69) is 5.32 Å². The van der Waals surface area contributed by atoms with Gasteiger partial charge in [-0.1, -0.05) is 42.8 Å². The largest absolute Gasteiger partial charge is 0.497 e. The topological polar surface area (TPSA) is 96.0 Å². The van der Waals surface area contributed by atoms with Crippen molar-refractivity contribution in [3.8, 4) is 5.75 Å². The maximum absolute atomic E-state index is 14.2. The van der Waals surface area contributed by atoms with Gasteiger partial charge in [0.15, 0.2) is 0 Å². The number of nitrogens with one attached hydrogen (secondary N) is 1. The molecule has 0 saturated carbocycles. The zero-order valence-corrected chi connectivity index (χ0v) is 25.9. The van der Waals surface area contributed by atoms with Gasteiger partial charge in [0.05, 0.1) is 17.7 Å². The molecule has 0 radical (unpaired) electrons. The lowest BCUT2D eigenvalue weighted by Crippen LogP contribution is -2.55. The Labute approximate surface area is 248 Å². The minimum absolute atomic E-state index is 0.00642. The van der Waals surface area contributed by atoms with Crippen molar-refractivity contribution in [3.05, 3.63) is 88.9 Å². The lowest BCUT2D eigenvalue weighted by Gasteiger charge is -2.35. The van der Waals surface area contributed by atoms with E-state index >= 15 is 0 Å². The molecule has 0 bridgehead atoms. The third-order valence-corrected chi connectivity index (χ3v) is 8.38. The van der Waals surface area contributed by atoms with Gasteiger partial charge in [0.2, 0.25) is 11.8 Å². The second kappa shape index (κ2) is 13.4. The van der Waals surface area contributed by atoms with E-state index in [9.17, 15) is 18.0 Å². The molecule has 1 atom stereocenters. The van der Waals surface area contributed by atoms with Crippen molar-refractivity contribution in [2.24, 2.45) is 0 Å². The quantitative estimate of drug-likeness (QED) is 0.311. The van der Waals surface area contributed by atoms with Gasteiger partial charge in [-0.15, -0.1) is 0 Å². The molecule has 0 fully saturated rings. The summed E-state index contributed by atoms with van der Waals surface area (Å²) in [5, 5.41) is 3.36. The van der Waals surface area contributed by atoms with Gasteiger partial charge in [0.25, 0.3) is 10.0 Å². The van der Waals surface area contributed by atoms with Crippen LogP contribution in [0.2, 0.25) is 5.02 Å². The van der Waals surface area contributed by atoms with E-state index in [-0.39, 0.29) is 17.3 Å². The Morgan fingerprint density at radius 3 is 2.24 bits per heavy atom. The summed E-state index contributed by atoms with van der Waals surface area (Å²) in [6.07, 6.45) is 0.325. The van der Waals surface area contributed by atoms with Gasteiger partial charge < -0.3 is 15.0 Å². The summed E-state index contributed by atoms with van der Waals surface area (Å²) in [7, 11) is -2.62. The highest BCUT2D eigenvalue weighted by molar-refractivity contribution is 7.92. The van der Waals surface area contributed by atoms with Crippen LogP contribution in [0.4, 0.5) is 5.69 Å². The molecule has 3 aromatic carbocycles. The summed E-state index contributed by atoms with van der Waals surface area (Å²) < 4.78 is 34.3. The maximum atomic E-state index is 14.2. The number of nitrogens with zero attached hydrogens (tertiary/aromatic N) is 2. The number of rotatable bonds is 11. The highest BCUT2D eigenvalue weighted by atomic mass is 35.5. The van der Waals surface area contributed by atoms with E-state index < -0.39 is 34.1 Å². The zero-order valence-electron chi connectivity index (χ0n) is 24.3. The van der Waals surface area contributed by atoms with E-state index in [1.54, 1.807) is 43.5 Å². The number of anilines is 1. The maximum Gasteiger partial charge on any atom is 0.264 e. The number of hydrogen-bond acceptors (Lipinski definition) is 5. The number of benzene rings is 3. The molecule has 0 heterocycles. The standard InChI is InChI=1S/C31H38ClN3O5S/c1-7-28(30(37)33-31(3,4)5)34(20-23-11-9-13-26(19-23)40-6)29(36)21-35(25-12-8-10-22(2)18-25)41(38,39)27-16-14-24(32)15-17-27/h8-19,28H,7,20-21H2,1-6H3,(H,33,37). The third-order valence-electron chi connectivity index (χ3n) is 6.34. The second-order valence-corrected chi connectivity index (χ2v) is 13.1. The van der Waals surface area contributed by atoms with Crippen molar-refractivity contribution >= 4 is 39.1 Å². The van der Waals surface area contributed by atoms with Crippen LogP contribution in [-0.2, 0) is 26.2 Å². The van der Waals surface area contributed by atoms with Crippen molar-refractivity contribution in [1.29, 1.82) is 0 Å². The van der Waals surface area contributed by atoms with E-state index in [4.69, 9.17) is 16.3 Å². The fraction of sp³-hybridized carbons (Fsp3) is 0.355. The predicted molar refractivity (Wildman–Crippen MR) is 163 cm³/mol. The van der Waals surface area contributed by atoms with Gasteiger partial charge in [-0.2, -0.15) is 0 Å². The molecular weight excluding hydrogens is 562 g/mol. The van der Waals surface area contributed by atoms with E-state index in [1.165, 1.54) is 29.2 Å². The number of carbonyl (C=O) groups excluding carboxylic acids is 2. The molecule has 0 spiro atoms. The van der Waals surface area contributed by atoms with Crippen LogP contribution >= 0.6 is 11.6 Å². The molecule has 220 valence electrons. The molecular formula is C31H38ClN3O5S. The molecule has 0 saturated heterocycles. The average molecular weight is 600 g/mol. The lowest BCUT2D eigenvalue weighted by molar-refractivity contribution is -0.141. The number of amides is 2. The first-order chi connectivity index (χ1) is 19.2. The molecule has 0 aliphatic rings. The number of aryl methyl sites for hydroxylation is 1. The Hall–Kier alpha value is -3.56. The Kier molecular flexibility index (Phi) is 10.4.